The van der Waals surface area contributed by atoms with Gasteiger partial charge in [0.25, 0.3) is 0 Å². The minimum atomic E-state index is -1.50. The maximum atomic E-state index is 11.0. The van der Waals surface area contributed by atoms with Crippen LogP contribution in [0.25, 0.3) is 0 Å². The molecule has 1 aromatic rings. The second kappa shape index (κ2) is 6.93. The van der Waals surface area contributed by atoms with Crippen molar-refractivity contribution in [2.45, 2.75) is 30.7 Å². The van der Waals surface area contributed by atoms with Crippen LogP contribution >= 0.6 is 0 Å². The number of aliphatic hydroxyl groups is 4. The summed E-state index contributed by atoms with van der Waals surface area (Å²) in [6, 6.07) is 1.50. The van der Waals surface area contributed by atoms with Crippen LogP contribution in [0.5, 0.6) is 0 Å². The molecule has 10 nitrogen and oxygen atoms in total. The van der Waals surface area contributed by atoms with Gasteiger partial charge in [0.15, 0.2) is 6.29 Å². The van der Waals surface area contributed by atoms with E-state index in [9.17, 15) is 20.1 Å². The Morgan fingerprint density at radius 3 is 2.76 bits per heavy atom. The van der Waals surface area contributed by atoms with Gasteiger partial charge in [-0.1, -0.05) is 0 Å². The summed E-state index contributed by atoms with van der Waals surface area (Å²) in [5.41, 5.74) is -0.534. The van der Waals surface area contributed by atoms with Gasteiger partial charge < -0.3 is 40.2 Å². The number of aliphatic hydroxyl groups excluding tert-OH is 4. The Balaban J connectivity index is 1.88. The number of rotatable bonds is 5. The first-order chi connectivity index (χ1) is 10.0. The van der Waals surface area contributed by atoms with Crippen LogP contribution in [-0.4, -0.2) is 74.4 Å². The van der Waals surface area contributed by atoms with Crippen molar-refractivity contribution in [1.29, 1.82) is 0 Å². The van der Waals surface area contributed by atoms with E-state index in [0.717, 1.165) is 0 Å². The van der Waals surface area contributed by atoms with Gasteiger partial charge in [-0.25, -0.2) is 4.79 Å². The van der Waals surface area contributed by atoms with E-state index in [2.05, 4.69) is 15.3 Å². The SMILES string of the molecule is O=c1nc(NCOC2O[C@H](CO)[C@@H](O)[C@H](O)[C@H]2O)cc[nH]1. The van der Waals surface area contributed by atoms with Crippen molar-refractivity contribution in [2.75, 3.05) is 18.7 Å². The summed E-state index contributed by atoms with van der Waals surface area (Å²) in [6.07, 6.45) is -5.30. The molecule has 1 fully saturated rings. The smallest absolute Gasteiger partial charge is 0.346 e. The topological polar surface area (TPSA) is 157 Å². The molecule has 1 aromatic heterocycles. The molecule has 1 aliphatic heterocycles. The summed E-state index contributed by atoms with van der Waals surface area (Å²) in [5, 5.41) is 40.6. The Morgan fingerprint density at radius 1 is 1.33 bits per heavy atom. The van der Waals surface area contributed by atoms with Gasteiger partial charge >= 0.3 is 5.69 Å². The van der Waals surface area contributed by atoms with E-state index in [-0.39, 0.29) is 12.5 Å². The van der Waals surface area contributed by atoms with Crippen molar-refractivity contribution in [3.8, 4) is 0 Å². The third-order valence-corrected chi connectivity index (χ3v) is 3.02. The first-order valence-electron chi connectivity index (χ1n) is 6.24. The Kier molecular flexibility index (Phi) is 5.22. The Bertz CT molecular complexity index is 509. The minimum absolute atomic E-state index is 0.168. The van der Waals surface area contributed by atoms with Gasteiger partial charge in [-0.2, -0.15) is 4.98 Å². The lowest BCUT2D eigenvalue weighted by atomic mass is 9.99. The lowest BCUT2D eigenvalue weighted by Crippen LogP contribution is -2.59. The van der Waals surface area contributed by atoms with Crippen LogP contribution in [0.1, 0.15) is 0 Å². The van der Waals surface area contributed by atoms with Crippen molar-refractivity contribution in [3.05, 3.63) is 22.7 Å². The monoisotopic (exact) mass is 303 g/mol. The molecule has 21 heavy (non-hydrogen) atoms. The van der Waals surface area contributed by atoms with Crippen LogP contribution in [0, 0.1) is 0 Å². The predicted molar refractivity (Wildman–Crippen MR) is 68.2 cm³/mol. The summed E-state index contributed by atoms with van der Waals surface area (Å²) in [4.78, 5) is 16.9. The first kappa shape index (κ1) is 15.8. The molecule has 0 radical (unpaired) electrons. The molecule has 1 saturated heterocycles. The van der Waals surface area contributed by atoms with Crippen LogP contribution in [0.3, 0.4) is 0 Å². The molecule has 2 rings (SSSR count). The molecule has 2 heterocycles. The zero-order valence-electron chi connectivity index (χ0n) is 10.9. The molecule has 0 amide bonds. The number of nitrogens with zero attached hydrogens (tertiary/aromatic N) is 1. The fraction of sp³-hybridized carbons (Fsp3) is 0.636. The van der Waals surface area contributed by atoms with Crippen LogP contribution < -0.4 is 11.0 Å². The molecule has 118 valence electrons. The fourth-order valence-corrected chi connectivity index (χ4v) is 1.87. The summed E-state index contributed by atoms with van der Waals surface area (Å²) >= 11 is 0. The van der Waals surface area contributed by atoms with E-state index in [4.69, 9.17) is 14.6 Å². The number of aromatic nitrogens is 2. The normalized spacial score (nSPS) is 32.9. The number of aromatic amines is 1. The molecule has 5 atom stereocenters. The highest BCUT2D eigenvalue weighted by Gasteiger charge is 2.43. The van der Waals surface area contributed by atoms with Crippen LogP contribution in [-0.2, 0) is 9.47 Å². The molecule has 0 spiro atoms. The van der Waals surface area contributed by atoms with Crippen LogP contribution in [0.4, 0.5) is 5.82 Å². The number of hydrogen-bond acceptors (Lipinski definition) is 9. The number of hydrogen-bond donors (Lipinski definition) is 6. The molecule has 0 aliphatic carbocycles. The number of H-pyrrole nitrogens is 1. The third kappa shape index (κ3) is 3.75. The van der Waals surface area contributed by atoms with E-state index < -0.39 is 43.0 Å². The zero-order chi connectivity index (χ0) is 15.4. The molecule has 0 bridgehead atoms. The molecule has 1 aliphatic rings. The molecular weight excluding hydrogens is 286 g/mol. The summed E-state index contributed by atoms with van der Waals surface area (Å²) in [6.45, 7) is -0.701. The van der Waals surface area contributed by atoms with E-state index in [1.54, 1.807) is 0 Å². The van der Waals surface area contributed by atoms with Gasteiger partial charge in [-0.3, -0.25) is 0 Å². The molecular formula is C11H17N3O7. The highest BCUT2D eigenvalue weighted by Crippen LogP contribution is 2.21. The average Bonchev–Trinajstić information content (AvgIpc) is 2.47. The largest absolute Gasteiger partial charge is 0.394 e. The third-order valence-electron chi connectivity index (χ3n) is 3.02. The van der Waals surface area contributed by atoms with Crippen molar-refractivity contribution >= 4 is 5.82 Å². The lowest BCUT2D eigenvalue weighted by Gasteiger charge is -2.39. The quantitative estimate of drug-likeness (QED) is 0.311. The summed E-state index contributed by atoms with van der Waals surface area (Å²) < 4.78 is 10.3. The van der Waals surface area contributed by atoms with Gasteiger partial charge in [-0.05, 0) is 6.07 Å². The molecule has 6 N–H and O–H groups in total. The molecule has 0 aromatic carbocycles. The van der Waals surface area contributed by atoms with Gasteiger partial charge in [0.2, 0.25) is 0 Å². The van der Waals surface area contributed by atoms with Gasteiger partial charge in [-0.15, -0.1) is 0 Å². The number of anilines is 1. The maximum absolute atomic E-state index is 11.0. The lowest BCUT2D eigenvalue weighted by molar-refractivity contribution is -0.299. The van der Waals surface area contributed by atoms with Crippen LogP contribution in [0.15, 0.2) is 17.1 Å². The second-order valence-corrected chi connectivity index (χ2v) is 4.46. The Labute approximate surface area is 119 Å². The van der Waals surface area contributed by atoms with E-state index in [1.807, 2.05) is 0 Å². The molecule has 1 unspecified atom stereocenters. The van der Waals surface area contributed by atoms with E-state index >= 15 is 0 Å². The zero-order valence-corrected chi connectivity index (χ0v) is 10.9. The van der Waals surface area contributed by atoms with Crippen molar-refractivity contribution in [2.24, 2.45) is 0 Å². The van der Waals surface area contributed by atoms with Gasteiger partial charge in [0, 0.05) is 6.20 Å². The second-order valence-electron chi connectivity index (χ2n) is 4.46. The predicted octanol–water partition coefficient (Wildman–Crippen LogP) is -3.04. The molecule has 0 saturated carbocycles. The van der Waals surface area contributed by atoms with E-state index in [0.29, 0.717) is 0 Å². The highest BCUT2D eigenvalue weighted by atomic mass is 16.7. The van der Waals surface area contributed by atoms with Gasteiger partial charge in [0.05, 0.1) is 6.61 Å². The maximum Gasteiger partial charge on any atom is 0.346 e. The fourth-order valence-electron chi connectivity index (χ4n) is 1.87. The number of ether oxygens (including phenoxy) is 2. The Morgan fingerprint density at radius 2 is 2.10 bits per heavy atom. The van der Waals surface area contributed by atoms with E-state index in [1.165, 1.54) is 12.3 Å². The summed E-state index contributed by atoms with van der Waals surface area (Å²) in [7, 11) is 0. The standard InChI is InChI=1S/C11H17N3O7/c15-3-5-7(16)8(17)9(18)10(21-5)20-4-13-6-1-2-12-11(19)14-6/h1-2,5,7-10,15-18H,3-4H2,(H2,12,13,14,19)/t5-,7-,8+,9-,10?/m1/s1. The van der Waals surface area contributed by atoms with Crippen LogP contribution in [0.2, 0.25) is 0 Å². The Hall–Kier alpha value is -1.56. The van der Waals surface area contributed by atoms with Crippen molar-refractivity contribution in [1.82, 2.24) is 9.97 Å². The molecule has 10 heteroatoms. The number of nitrogens with one attached hydrogen (secondary N) is 2. The van der Waals surface area contributed by atoms with Crippen molar-refractivity contribution < 1.29 is 29.9 Å². The van der Waals surface area contributed by atoms with Gasteiger partial charge in [0.1, 0.15) is 37.0 Å². The highest BCUT2D eigenvalue weighted by molar-refractivity contribution is 5.30. The minimum Gasteiger partial charge on any atom is -0.394 e. The first-order valence-corrected chi connectivity index (χ1v) is 6.24. The van der Waals surface area contributed by atoms with Crippen molar-refractivity contribution in [3.63, 3.8) is 0 Å². The average molecular weight is 303 g/mol. The summed E-state index contributed by atoms with van der Waals surface area (Å²) in [5.74, 6) is 0.253.